The summed E-state index contributed by atoms with van der Waals surface area (Å²) in [6.45, 7) is -2.65. The molecule has 102 valence electrons. The third-order valence-electron chi connectivity index (χ3n) is 2.03. The number of halogens is 3. The van der Waals surface area contributed by atoms with E-state index in [1.807, 2.05) is 0 Å². The van der Waals surface area contributed by atoms with Crippen LogP contribution in [-0.2, 0) is 10.0 Å². The Bertz CT molecular complexity index is 537. The van der Waals surface area contributed by atoms with Crippen LogP contribution in [0.2, 0.25) is 5.02 Å². The van der Waals surface area contributed by atoms with E-state index >= 15 is 0 Å². The monoisotopic (exact) mass is 300 g/mol. The van der Waals surface area contributed by atoms with Crippen molar-refractivity contribution in [3.63, 3.8) is 0 Å². The first-order chi connectivity index (χ1) is 8.18. The maximum Gasteiger partial charge on any atom is 0.283 e. The summed E-state index contributed by atoms with van der Waals surface area (Å²) in [5, 5.41) is 8.48. The second-order valence-electron chi connectivity index (χ2n) is 3.52. The maximum atomic E-state index is 12.7. The highest BCUT2D eigenvalue weighted by Crippen LogP contribution is 2.22. The third kappa shape index (κ3) is 3.77. The Labute approximate surface area is 108 Å². The van der Waals surface area contributed by atoms with Crippen LogP contribution in [0.5, 0.6) is 0 Å². The molecule has 0 saturated heterocycles. The number of anilines is 1. The maximum absolute atomic E-state index is 12.7. The molecular weight excluding hydrogens is 290 g/mol. The first-order valence-corrected chi connectivity index (χ1v) is 6.57. The lowest BCUT2D eigenvalue weighted by atomic mass is 10.3. The minimum absolute atomic E-state index is 0.0217. The van der Waals surface area contributed by atoms with Crippen LogP contribution in [0.25, 0.3) is 0 Å². The van der Waals surface area contributed by atoms with E-state index in [-0.39, 0.29) is 15.6 Å². The van der Waals surface area contributed by atoms with Gasteiger partial charge >= 0.3 is 0 Å². The summed E-state index contributed by atoms with van der Waals surface area (Å²) in [4.78, 5) is -0.280. The molecule has 0 amide bonds. The van der Waals surface area contributed by atoms with Crippen molar-refractivity contribution in [1.29, 1.82) is 0 Å². The average Bonchev–Trinajstić information content (AvgIpc) is 2.30. The molecule has 4 N–H and O–H groups in total. The van der Waals surface area contributed by atoms with Crippen molar-refractivity contribution >= 4 is 27.3 Å². The lowest BCUT2D eigenvalue weighted by molar-refractivity contribution is -0.0437. The molecule has 0 aliphatic rings. The first-order valence-electron chi connectivity index (χ1n) is 4.71. The molecule has 0 radical (unpaired) electrons. The molecule has 5 nitrogen and oxygen atoms in total. The number of nitrogens with one attached hydrogen (secondary N) is 1. The molecule has 1 aromatic rings. The topological polar surface area (TPSA) is 92.4 Å². The third-order valence-corrected chi connectivity index (χ3v) is 3.77. The van der Waals surface area contributed by atoms with Crippen LogP contribution >= 0.6 is 11.6 Å². The lowest BCUT2D eigenvalue weighted by Crippen LogP contribution is -2.38. The highest BCUT2D eigenvalue weighted by molar-refractivity contribution is 7.89. The number of alkyl halides is 2. The largest absolute Gasteiger partial charge is 0.397 e. The van der Waals surface area contributed by atoms with Crippen LogP contribution < -0.4 is 10.5 Å². The summed E-state index contributed by atoms with van der Waals surface area (Å²) < 4.78 is 50.4. The van der Waals surface area contributed by atoms with Crippen molar-refractivity contribution in [2.75, 3.05) is 18.9 Å². The normalized spacial score (nSPS) is 12.7. The van der Waals surface area contributed by atoms with Crippen molar-refractivity contribution in [3.8, 4) is 0 Å². The molecule has 1 aromatic carbocycles. The van der Waals surface area contributed by atoms with Gasteiger partial charge in [-0.1, -0.05) is 11.6 Å². The highest BCUT2D eigenvalue weighted by Gasteiger charge is 2.30. The van der Waals surface area contributed by atoms with E-state index < -0.39 is 29.1 Å². The number of aliphatic hydroxyl groups excluding tert-OH is 1. The lowest BCUT2D eigenvalue weighted by Gasteiger charge is -2.14. The van der Waals surface area contributed by atoms with E-state index in [4.69, 9.17) is 22.4 Å². The molecule has 18 heavy (non-hydrogen) atoms. The minimum Gasteiger partial charge on any atom is -0.397 e. The standard InChI is InChI=1S/C9H11ClF2N2O3S/c10-7-2-1-6(3-8(7)13)18(16,17)14-4-9(11,12)5-15/h1-3,14-15H,4-5,13H2. The van der Waals surface area contributed by atoms with Gasteiger partial charge in [-0.05, 0) is 18.2 Å². The summed E-state index contributed by atoms with van der Waals surface area (Å²) in [6.07, 6.45) is 0. The SMILES string of the molecule is Nc1cc(S(=O)(=O)NCC(F)(F)CO)ccc1Cl. The van der Waals surface area contributed by atoms with Gasteiger partial charge in [-0.3, -0.25) is 0 Å². The summed E-state index contributed by atoms with van der Waals surface area (Å²) in [5.74, 6) is -3.52. The van der Waals surface area contributed by atoms with Crippen LogP contribution in [0, 0.1) is 0 Å². The Balaban J connectivity index is 2.90. The summed E-state index contributed by atoms with van der Waals surface area (Å²) >= 11 is 5.61. The van der Waals surface area contributed by atoms with E-state index in [9.17, 15) is 17.2 Å². The van der Waals surface area contributed by atoms with Crippen LogP contribution in [0.3, 0.4) is 0 Å². The fourth-order valence-corrected chi connectivity index (χ4v) is 2.24. The van der Waals surface area contributed by atoms with Crippen molar-refractivity contribution in [2.24, 2.45) is 0 Å². The molecule has 1 rings (SSSR count). The average molecular weight is 301 g/mol. The summed E-state index contributed by atoms with van der Waals surface area (Å²) in [7, 11) is -4.12. The zero-order valence-electron chi connectivity index (χ0n) is 9.03. The number of benzene rings is 1. The predicted molar refractivity (Wildman–Crippen MR) is 63.1 cm³/mol. The van der Waals surface area contributed by atoms with Gasteiger partial charge in [0.1, 0.15) is 6.61 Å². The van der Waals surface area contributed by atoms with Crippen molar-refractivity contribution < 1.29 is 22.3 Å². The van der Waals surface area contributed by atoms with Gasteiger partial charge < -0.3 is 10.8 Å². The van der Waals surface area contributed by atoms with Gasteiger partial charge in [0.05, 0.1) is 22.2 Å². The molecule has 9 heteroatoms. The number of nitrogen functional groups attached to an aromatic ring is 1. The molecule has 0 fully saturated rings. The second kappa shape index (κ2) is 5.35. The van der Waals surface area contributed by atoms with Crippen LogP contribution in [0.4, 0.5) is 14.5 Å². The van der Waals surface area contributed by atoms with Gasteiger partial charge in [-0.25, -0.2) is 21.9 Å². The molecule has 0 heterocycles. The Kier molecular flexibility index (Phi) is 4.49. The van der Waals surface area contributed by atoms with Crippen LogP contribution in [0.1, 0.15) is 0 Å². The van der Waals surface area contributed by atoms with Gasteiger partial charge in [-0.2, -0.15) is 0 Å². The zero-order chi connectivity index (χ0) is 14.0. The quantitative estimate of drug-likeness (QED) is 0.702. The Hall–Kier alpha value is -0.960. The van der Waals surface area contributed by atoms with Crippen LogP contribution in [0.15, 0.2) is 23.1 Å². The number of aliphatic hydroxyl groups is 1. The Morgan fingerprint density at radius 2 is 2.06 bits per heavy atom. The number of hydrogen-bond acceptors (Lipinski definition) is 4. The number of sulfonamides is 1. The van der Waals surface area contributed by atoms with Crippen molar-refractivity contribution in [3.05, 3.63) is 23.2 Å². The van der Waals surface area contributed by atoms with Gasteiger partial charge in [0.25, 0.3) is 5.92 Å². The van der Waals surface area contributed by atoms with Gasteiger partial charge in [0, 0.05) is 0 Å². The molecule has 0 saturated carbocycles. The predicted octanol–water partition coefficient (Wildman–Crippen LogP) is 0.828. The fraction of sp³-hybridized carbons (Fsp3) is 0.333. The van der Waals surface area contributed by atoms with Gasteiger partial charge in [0.15, 0.2) is 0 Å². The molecule has 0 spiro atoms. The van der Waals surface area contributed by atoms with E-state index in [0.29, 0.717) is 0 Å². The second-order valence-corrected chi connectivity index (χ2v) is 5.70. The van der Waals surface area contributed by atoms with Gasteiger partial charge in [-0.15, -0.1) is 0 Å². The van der Waals surface area contributed by atoms with E-state index in [0.717, 1.165) is 12.1 Å². The Morgan fingerprint density at radius 3 is 2.56 bits per heavy atom. The molecule has 0 unspecified atom stereocenters. The minimum atomic E-state index is -4.12. The molecule has 0 bridgehead atoms. The van der Waals surface area contributed by atoms with E-state index in [1.54, 1.807) is 4.72 Å². The summed E-state index contributed by atoms with van der Waals surface area (Å²) in [6, 6.07) is 3.44. The number of rotatable bonds is 5. The van der Waals surface area contributed by atoms with Crippen molar-refractivity contribution in [1.82, 2.24) is 4.72 Å². The fourth-order valence-electron chi connectivity index (χ4n) is 1.03. The number of hydrogen-bond donors (Lipinski definition) is 3. The highest BCUT2D eigenvalue weighted by atomic mass is 35.5. The molecule has 0 aliphatic heterocycles. The smallest absolute Gasteiger partial charge is 0.283 e. The van der Waals surface area contributed by atoms with E-state index in [2.05, 4.69) is 0 Å². The zero-order valence-corrected chi connectivity index (χ0v) is 10.6. The number of nitrogens with two attached hydrogens (primary N) is 1. The molecule has 0 atom stereocenters. The molecule has 0 aromatic heterocycles. The van der Waals surface area contributed by atoms with Gasteiger partial charge in [0.2, 0.25) is 10.0 Å². The molecule has 0 aliphatic carbocycles. The summed E-state index contributed by atoms with van der Waals surface area (Å²) in [5.41, 5.74) is 5.43. The first kappa shape index (κ1) is 15.1. The van der Waals surface area contributed by atoms with E-state index in [1.165, 1.54) is 6.07 Å². The van der Waals surface area contributed by atoms with Crippen molar-refractivity contribution in [2.45, 2.75) is 10.8 Å². The molecular formula is C9H11ClF2N2O3S. The van der Waals surface area contributed by atoms with Crippen LogP contribution in [-0.4, -0.2) is 32.6 Å². The Morgan fingerprint density at radius 1 is 1.44 bits per heavy atom.